The number of carbonyl (C=O) groups excluding carboxylic acids is 1. The van der Waals surface area contributed by atoms with Crippen molar-refractivity contribution in [2.45, 2.75) is 19.9 Å². The summed E-state index contributed by atoms with van der Waals surface area (Å²) in [5.41, 5.74) is 1.80. The minimum Gasteiger partial charge on any atom is -0.384 e. The standard InChI is InChI=1S/C17H22N2O2/c1-17(16(21)18-2)8-9-19(13-17)12-15-6-3-5-14(11-15)7-4-10-20/h3,5-6,11,20H,8-10,12-13H2,1-2H3,(H,18,21). The first kappa shape index (κ1) is 15.6. The molecule has 21 heavy (non-hydrogen) atoms. The summed E-state index contributed by atoms with van der Waals surface area (Å²) < 4.78 is 0. The van der Waals surface area contributed by atoms with Crippen LogP contribution in [-0.2, 0) is 11.3 Å². The molecule has 2 rings (SSSR count). The van der Waals surface area contributed by atoms with Crippen LogP contribution >= 0.6 is 0 Å². The zero-order chi connectivity index (χ0) is 15.3. The van der Waals surface area contributed by atoms with Gasteiger partial charge in [-0.1, -0.05) is 24.0 Å². The molecule has 1 saturated heterocycles. The van der Waals surface area contributed by atoms with Gasteiger partial charge in [-0.2, -0.15) is 0 Å². The van der Waals surface area contributed by atoms with Crippen LogP contribution in [0.4, 0.5) is 0 Å². The Morgan fingerprint density at radius 2 is 2.33 bits per heavy atom. The van der Waals surface area contributed by atoms with Crippen molar-refractivity contribution in [3.63, 3.8) is 0 Å². The number of hydrogen-bond acceptors (Lipinski definition) is 3. The molecule has 1 aliphatic heterocycles. The van der Waals surface area contributed by atoms with Crippen molar-refractivity contribution in [3.8, 4) is 11.8 Å². The zero-order valence-electron chi connectivity index (χ0n) is 12.6. The van der Waals surface area contributed by atoms with E-state index in [4.69, 9.17) is 5.11 Å². The average Bonchev–Trinajstić information content (AvgIpc) is 2.87. The third-order valence-electron chi connectivity index (χ3n) is 3.97. The fourth-order valence-electron chi connectivity index (χ4n) is 2.83. The van der Waals surface area contributed by atoms with E-state index in [1.165, 1.54) is 5.56 Å². The first-order valence-corrected chi connectivity index (χ1v) is 7.20. The van der Waals surface area contributed by atoms with Gasteiger partial charge in [0.2, 0.25) is 5.91 Å². The van der Waals surface area contributed by atoms with Crippen LogP contribution < -0.4 is 5.32 Å². The summed E-state index contributed by atoms with van der Waals surface area (Å²) in [5, 5.41) is 11.5. The van der Waals surface area contributed by atoms with E-state index in [0.29, 0.717) is 0 Å². The van der Waals surface area contributed by atoms with Crippen LogP contribution in [0.25, 0.3) is 0 Å². The van der Waals surface area contributed by atoms with Crippen LogP contribution in [0.1, 0.15) is 24.5 Å². The monoisotopic (exact) mass is 286 g/mol. The second-order valence-corrected chi connectivity index (χ2v) is 5.76. The predicted octanol–water partition coefficient (Wildman–Crippen LogP) is 0.988. The molecule has 4 nitrogen and oxygen atoms in total. The van der Waals surface area contributed by atoms with E-state index in [-0.39, 0.29) is 17.9 Å². The van der Waals surface area contributed by atoms with Gasteiger partial charge in [0.1, 0.15) is 6.61 Å². The van der Waals surface area contributed by atoms with E-state index < -0.39 is 0 Å². The number of nitrogens with zero attached hydrogens (tertiary/aromatic N) is 1. The first-order valence-electron chi connectivity index (χ1n) is 7.20. The molecule has 1 aromatic rings. The second kappa shape index (κ2) is 6.75. The number of aliphatic hydroxyl groups excluding tert-OH is 1. The summed E-state index contributed by atoms with van der Waals surface area (Å²) in [6, 6.07) is 8.02. The van der Waals surface area contributed by atoms with Crippen molar-refractivity contribution >= 4 is 5.91 Å². The number of hydrogen-bond donors (Lipinski definition) is 2. The molecule has 1 amide bonds. The van der Waals surface area contributed by atoms with E-state index in [9.17, 15) is 4.79 Å². The molecule has 0 radical (unpaired) electrons. The number of carbonyl (C=O) groups is 1. The van der Waals surface area contributed by atoms with Gasteiger partial charge in [0.25, 0.3) is 0 Å². The summed E-state index contributed by atoms with van der Waals surface area (Å²) in [6.45, 7) is 4.42. The number of likely N-dealkylation sites (tertiary alicyclic amines) is 1. The number of aliphatic hydroxyl groups is 1. The largest absolute Gasteiger partial charge is 0.384 e. The predicted molar refractivity (Wildman–Crippen MR) is 82.5 cm³/mol. The lowest BCUT2D eigenvalue weighted by Crippen LogP contribution is -2.39. The highest BCUT2D eigenvalue weighted by atomic mass is 16.2. The fourth-order valence-corrected chi connectivity index (χ4v) is 2.83. The quantitative estimate of drug-likeness (QED) is 0.815. The molecule has 4 heteroatoms. The van der Waals surface area contributed by atoms with Crippen LogP contribution in [0, 0.1) is 17.3 Å². The Labute approximate surface area is 126 Å². The normalized spacial score (nSPS) is 21.7. The summed E-state index contributed by atoms with van der Waals surface area (Å²) in [4.78, 5) is 14.2. The number of nitrogens with one attached hydrogen (secondary N) is 1. The maximum Gasteiger partial charge on any atom is 0.227 e. The molecule has 112 valence electrons. The molecule has 0 aliphatic carbocycles. The third kappa shape index (κ3) is 3.84. The summed E-state index contributed by atoms with van der Waals surface area (Å²) in [7, 11) is 1.69. The minimum atomic E-state index is -0.289. The lowest BCUT2D eigenvalue weighted by atomic mass is 9.89. The minimum absolute atomic E-state index is 0.118. The second-order valence-electron chi connectivity index (χ2n) is 5.76. The van der Waals surface area contributed by atoms with Gasteiger partial charge in [0.05, 0.1) is 5.41 Å². The molecule has 0 bridgehead atoms. The smallest absolute Gasteiger partial charge is 0.227 e. The topological polar surface area (TPSA) is 52.6 Å². The van der Waals surface area contributed by atoms with Crippen molar-refractivity contribution < 1.29 is 9.90 Å². The van der Waals surface area contributed by atoms with Gasteiger partial charge in [-0.25, -0.2) is 0 Å². The van der Waals surface area contributed by atoms with Gasteiger partial charge >= 0.3 is 0 Å². The van der Waals surface area contributed by atoms with Crippen molar-refractivity contribution in [1.82, 2.24) is 10.2 Å². The lowest BCUT2D eigenvalue weighted by molar-refractivity contribution is -0.129. The summed E-state index contributed by atoms with van der Waals surface area (Å²) in [6.07, 6.45) is 0.886. The van der Waals surface area contributed by atoms with E-state index >= 15 is 0 Å². The molecule has 0 aromatic heterocycles. The molecular formula is C17H22N2O2. The van der Waals surface area contributed by atoms with E-state index in [1.807, 2.05) is 25.1 Å². The first-order chi connectivity index (χ1) is 10.1. The average molecular weight is 286 g/mol. The van der Waals surface area contributed by atoms with Crippen LogP contribution in [-0.4, -0.2) is 42.7 Å². The number of rotatable bonds is 3. The number of amides is 1. The molecular weight excluding hydrogens is 264 g/mol. The van der Waals surface area contributed by atoms with Gasteiger partial charge in [0, 0.05) is 25.7 Å². The van der Waals surface area contributed by atoms with Gasteiger partial charge < -0.3 is 10.4 Å². The van der Waals surface area contributed by atoms with Gasteiger partial charge in [-0.3, -0.25) is 9.69 Å². The Bertz CT molecular complexity index is 574. The van der Waals surface area contributed by atoms with Crippen molar-refractivity contribution in [3.05, 3.63) is 35.4 Å². The highest BCUT2D eigenvalue weighted by Crippen LogP contribution is 2.30. The van der Waals surface area contributed by atoms with Gasteiger partial charge in [-0.15, -0.1) is 0 Å². The Hall–Kier alpha value is -1.83. The highest BCUT2D eigenvalue weighted by molar-refractivity contribution is 5.82. The summed E-state index contributed by atoms with van der Waals surface area (Å²) in [5.74, 6) is 5.70. The molecule has 0 spiro atoms. The third-order valence-corrected chi connectivity index (χ3v) is 3.97. The molecule has 1 unspecified atom stereocenters. The maximum absolute atomic E-state index is 11.9. The maximum atomic E-state index is 11.9. The molecule has 1 aromatic carbocycles. The fraction of sp³-hybridized carbons (Fsp3) is 0.471. The zero-order valence-corrected chi connectivity index (χ0v) is 12.6. The van der Waals surface area contributed by atoms with Gasteiger partial charge in [-0.05, 0) is 37.6 Å². The van der Waals surface area contributed by atoms with Crippen LogP contribution in [0.2, 0.25) is 0 Å². The Kier molecular flexibility index (Phi) is 5.00. The SMILES string of the molecule is CNC(=O)C1(C)CCN(Cc2cccc(C#CCO)c2)C1. The van der Waals surface area contributed by atoms with E-state index in [2.05, 4.69) is 28.1 Å². The van der Waals surface area contributed by atoms with Crippen LogP contribution in [0.5, 0.6) is 0 Å². The molecule has 2 N–H and O–H groups in total. The Balaban J connectivity index is 2.02. The van der Waals surface area contributed by atoms with Crippen molar-refractivity contribution in [2.75, 3.05) is 26.7 Å². The Morgan fingerprint density at radius 1 is 1.52 bits per heavy atom. The molecule has 1 fully saturated rings. The Morgan fingerprint density at radius 3 is 3.05 bits per heavy atom. The lowest BCUT2D eigenvalue weighted by Gasteiger charge is -2.22. The van der Waals surface area contributed by atoms with Crippen molar-refractivity contribution in [2.24, 2.45) is 5.41 Å². The molecule has 0 saturated carbocycles. The van der Waals surface area contributed by atoms with Gasteiger partial charge in [0.15, 0.2) is 0 Å². The molecule has 1 heterocycles. The summed E-state index contributed by atoms with van der Waals surface area (Å²) >= 11 is 0. The van der Waals surface area contributed by atoms with E-state index in [1.54, 1.807) is 7.05 Å². The van der Waals surface area contributed by atoms with Crippen LogP contribution in [0.3, 0.4) is 0 Å². The molecule has 1 atom stereocenters. The highest BCUT2D eigenvalue weighted by Gasteiger charge is 2.39. The van der Waals surface area contributed by atoms with Crippen molar-refractivity contribution in [1.29, 1.82) is 0 Å². The van der Waals surface area contributed by atoms with Crippen LogP contribution in [0.15, 0.2) is 24.3 Å². The number of benzene rings is 1. The molecule has 1 aliphatic rings. The van der Waals surface area contributed by atoms with E-state index in [0.717, 1.165) is 31.6 Å².